The van der Waals surface area contributed by atoms with Gasteiger partial charge in [-0.2, -0.15) is 0 Å². The van der Waals surface area contributed by atoms with E-state index in [0.717, 1.165) is 11.1 Å². The first-order chi connectivity index (χ1) is 20.4. The zero-order valence-corrected chi connectivity index (χ0v) is 24.7. The minimum atomic E-state index is -1.35. The Morgan fingerprint density at radius 2 is 1.38 bits per heavy atom. The van der Waals surface area contributed by atoms with Gasteiger partial charge in [0.05, 0.1) is 33.0 Å². The van der Waals surface area contributed by atoms with Crippen molar-refractivity contribution in [2.75, 3.05) is 35.0 Å². The van der Waals surface area contributed by atoms with Gasteiger partial charge in [-0.15, -0.1) is 0 Å². The molecule has 6 unspecified atom stereocenters. The van der Waals surface area contributed by atoms with Gasteiger partial charge in [0.2, 0.25) is 0 Å². The maximum Gasteiger partial charge on any atom is 0.337 e. The van der Waals surface area contributed by atoms with Gasteiger partial charge >= 0.3 is 5.97 Å². The maximum absolute atomic E-state index is 12.5. The average Bonchev–Trinajstić information content (AvgIpc) is 3.02. The van der Waals surface area contributed by atoms with Gasteiger partial charge in [0.1, 0.15) is 30.5 Å². The largest absolute Gasteiger partial charge is 0.467 e. The standard InChI is InChI=1S/C31H42O11/c1-19-24(41-31-28(35-3)26(34-2)23(32)27(42-31)29(33)36-4)22(18-38-16-20-12-8-6-9-13-20)40-30(37-5)25(19)39-17-21-14-10-7-11-15-21/h6-15,19,22-28,30-32H,16-18H2,1-5H3/t19?,22?,23-,24-,25?,26?,27?,28?,30-,31+/m0/s1. The van der Waals surface area contributed by atoms with Crippen LogP contribution in [0.2, 0.25) is 0 Å². The normalized spacial score (nSPS) is 33.3. The molecule has 2 saturated heterocycles. The molecule has 0 saturated carbocycles. The molecule has 0 amide bonds. The van der Waals surface area contributed by atoms with Gasteiger partial charge in [0.25, 0.3) is 0 Å². The van der Waals surface area contributed by atoms with Gasteiger partial charge in [-0.3, -0.25) is 0 Å². The Kier molecular flexibility index (Phi) is 12.3. The molecule has 10 atom stereocenters. The number of benzene rings is 2. The van der Waals surface area contributed by atoms with Crippen LogP contribution in [0.1, 0.15) is 18.1 Å². The second-order valence-corrected chi connectivity index (χ2v) is 10.3. The molecular formula is C31H42O11. The number of hydrogen-bond acceptors (Lipinski definition) is 11. The molecule has 0 spiro atoms. The smallest absolute Gasteiger partial charge is 0.337 e. The highest BCUT2D eigenvalue weighted by Gasteiger charge is 2.53. The van der Waals surface area contributed by atoms with E-state index in [1.807, 2.05) is 67.6 Å². The third-order valence-electron chi connectivity index (χ3n) is 7.68. The van der Waals surface area contributed by atoms with Crippen LogP contribution in [-0.4, -0.2) is 101 Å². The molecule has 2 aliphatic rings. The Hall–Kier alpha value is -2.45. The third-order valence-corrected chi connectivity index (χ3v) is 7.68. The zero-order valence-electron chi connectivity index (χ0n) is 24.7. The Balaban J connectivity index is 1.57. The van der Waals surface area contributed by atoms with Gasteiger partial charge in [0, 0.05) is 27.2 Å². The molecule has 11 nitrogen and oxygen atoms in total. The molecule has 2 fully saturated rings. The van der Waals surface area contributed by atoms with Gasteiger partial charge < -0.3 is 47.7 Å². The summed E-state index contributed by atoms with van der Waals surface area (Å²) in [6.45, 7) is 2.86. The van der Waals surface area contributed by atoms with Crippen molar-refractivity contribution in [1.82, 2.24) is 0 Å². The summed E-state index contributed by atoms with van der Waals surface area (Å²) < 4.78 is 53.0. The lowest BCUT2D eigenvalue weighted by Gasteiger charge is -2.48. The Bertz CT molecular complexity index is 1070. The molecule has 0 radical (unpaired) electrons. The quantitative estimate of drug-likeness (QED) is 0.347. The van der Waals surface area contributed by atoms with Crippen LogP contribution in [0, 0.1) is 5.92 Å². The molecule has 0 bridgehead atoms. The van der Waals surface area contributed by atoms with E-state index in [4.69, 9.17) is 42.6 Å². The molecule has 42 heavy (non-hydrogen) atoms. The highest BCUT2D eigenvalue weighted by atomic mass is 16.8. The van der Waals surface area contributed by atoms with Crippen molar-refractivity contribution in [2.24, 2.45) is 5.92 Å². The zero-order chi connectivity index (χ0) is 30.1. The van der Waals surface area contributed by atoms with Gasteiger partial charge in [0.15, 0.2) is 18.7 Å². The summed E-state index contributed by atoms with van der Waals surface area (Å²) in [5.41, 5.74) is 2.01. The molecule has 4 rings (SSSR count). The monoisotopic (exact) mass is 590 g/mol. The summed E-state index contributed by atoms with van der Waals surface area (Å²) in [7, 11) is 5.65. The Labute approximate surface area is 246 Å². The molecule has 232 valence electrons. The fraction of sp³-hybridized carbons (Fsp3) is 0.581. The molecule has 0 aromatic heterocycles. The van der Waals surface area contributed by atoms with Crippen molar-refractivity contribution in [2.45, 2.75) is 75.4 Å². The van der Waals surface area contributed by atoms with Gasteiger partial charge in [-0.25, -0.2) is 4.79 Å². The van der Waals surface area contributed by atoms with Crippen molar-refractivity contribution in [3.8, 4) is 0 Å². The van der Waals surface area contributed by atoms with Crippen molar-refractivity contribution in [1.29, 1.82) is 0 Å². The number of esters is 1. The number of carbonyl (C=O) groups excluding carboxylic acids is 1. The van der Waals surface area contributed by atoms with Crippen LogP contribution in [0.15, 0.2) is 60.7 Å². The summed E-state index contributed by atoms with van der Waals surface area (Å²) in [4.78, 5) is 12.5. The van der Waals surface area contributed by atoms with E-state index in [9.17, 15) is 9.90 Å². The first-order valence-electron chi connectivity index (χ1n) is 14.0. The van der Waals surface area contributed by atoms with Crippen LogP contribution >= 0.6 is 0 Å². The van der Waals surface area contributed by atoms with Crippen LogP contribution in [0.4, 0.5) is 0 Å². The molecule has 2 aromatic rings. The van der Waals surface area contributed by atoms with Crippen molar-refractivity contribution in [3.63, 3.8) is 0 Å². The van der Waals surface area contributed by atoms with Crippen LogP contribution in [0.3, 0.4) is 0 Å². The molecule has 2 heterocycles. The fourth-order valence-electron chi connectivity index (χ4n) is 5.42. The van der Waals surface area contributed by atoms with Crippen LogP contribution in [0.5, 0.6) is 0 Å². The van der Waals surface area contributed by atoms with Crippen LogP contribution in [-0.2, 0) is 60.6 Å². The van der Waals surface area contributed by atoms with E-state index in [2.05, 4.69) is 0 Å². The minimum Gasteiger partial charge on any atom is -0.467 e. The topological polar surface area (TPSA) is 120 Å². The number of methoxy groups -OCH3 is 4. The van der Waals surface area contributed by atoms with Gasteiger partial charge in [-0.05, 0) is 11.1 Å². The third kappa shape index (κ3) is 7.73. The summed E-state index contributed by atoms with van der Waals surface area (Å²) in [5.74, 6) is -1.05. The second kappa shape index (κ2) is 15.9. The SMILES string of the molecule is COC(=O)C1O[C@@H](O[C@@H]2C(COCc3ccccc3)O[C@H](OC)C(OCc3ccccc3)C2C)C(OC)C(OC)[C@@H]1O. The minimum absolute atomic E-state index is 0.177. The van der Waals surface area contributed by atoms with E-state index >= 15 is 0 Å². The number of rotatable bonds is 13. The number of ether oxygens (including phenoxy) is 9. The molecule has 2 aliphatic heterocycles. The molecule has 1 N–H and O–H groups in total. The number of aliphatic hydroxyl groups is 1. The van der Waals surface area contributed by atoms with Crippen molar-refractivity contribution < 1.29 is 52.5 Å². The van der Waals surface area contributed by atoms with Crippen molar-refractivity contribution >= 4 is 5.97 Å². The highest BCUT2D eigenvalue weighted by Crippen LogP contribution is 2.35. The maximum atomic E-state index is 12.5. The Morgan fingerprint density at radius 3 is 1.95 bits per heavy atom. The van der Waals surface area contributed by atoms with Crippen molar-refractivity contribution in [3.05, 3.63) is 71.8 Å². The van der Waals surface area contributed by atoms with Gasteiger partial charge in [-0.1, -0.05) is 67.6 Å². The van der Waals surface area contributed by atoms with E-state index in [0.29, 0.717) is 13.2 Å². The van der Waals surface area contributed by atoms with E-state index < -0.39 is 61.3 Å². The number of aliphatic hydroxyl groups excluding tert-OH is 1. The molecule has 0 aliphatic carbocycles. The second-order valence-electron chi connectivity index (χ2n) is 10.3. The predicted octanol–water partition coefficient (Wildman–Crippen LogP) is 2.47. The summed E-state index contributed by atoms with van der Waals surface area (Å²) in [5, 5.41) is 10.8. The summed E-state index contributed by atoms with van der Waals surface area (Å²) >= 11 is 0. The summed E-state index contributed by atoms with van der Waals surface area (Å²) in [6, 6.07) is 19.6. The summed E-state index contributed by atoms with van der Waals surface area (Å²) in [6.07, 6.45) is -8.06. The first kappa shape index (κ1) is 32.5. The highest BCUT2D eigenvalue weighted by molar-refractivity contribution is 5.75. The Morgan fingerprint density at radius 1 is 0.762 bits per heavy atom. The molecule has 11 heteroatoms. The van der Waals surface area contributed by atoms with Crippen LogP contribution < -0.4 is 0 Å². The van der Waals surface area contributed by atoms with E-state index in [1.165, 1.54) is 21.3 Å². The van der Waals surface area contributed by atoms with E-state index in [-0.39, 0.29) is 12.5 Å². The molecule has 2 aromatic carbocycles. The average molecular weight is 591 g/mol. The number of hydrogen-bond donors (Lipinski definition) is 1. The predicted molar refractivity (Wildman–Crippen MR) is 149 cm³/mol. The lowest BCUT2D eigenvalue weighted by atomic mass is 9.89. The molecular weight excluding hydrogens is 548 g/mol. The first-order valence-corrected chi connectivity index (χ1v) is 14.0. The fourth-order valence-corrected chi connectivity index (χ4v) is 5.42. The lowest BCUT2D eigenvalue weighted by molar-refractivity contribution is -0.354. The number of carbonyl (C=O) groups is 1. The van der Waals surface area contributed by atoms with E-state index in [1.54, 1.807) is 7.11 Å². The lowest BCUT2D eigenvalue weighted by Crippen LogP contribution is -2.64. The van der Waals surface area contributed by atoms with Crippen LogP contribution in [0.25, 0.3) is 0 Å².